The fourth-order valence-electron chi connectivity index (χ4n) is 1.91. The van der Waals surface area contributed by atoms with Gasteiger partial charge in [-0.2, -0.15) is 0 Å². The summed E-state index contributed by atoms with van der Waals surface area (Å²) in [5, 5.41) is 9.18. The summed E-state index contributed by atoms with van der Waals surface area (Å²) in [6.45, 7) is 4.71. The summed E-state index contributed by atoms with van der Waals surface area (Å²) in [6.07, 6.45) is 0.978. The Balaban J connectivity index is 2.64. The molecule has 3 nitrogen and oxygen atoms in total. The van der Waals surface area contributed by atoms with E-state index in [4.69, 9.17) is 11.6 Å². The molecule has 0 radical (unpaired) electrons. The Hall–Kier alpha value is -0.280. The Kier molecular flexibility index (Phi) is 4.20. The highest BCUT2D eigenvalue weighted by atomic mass is 35.5. The predicted molar refractivity (Wildman–Crippen MR) is 56.3 cm³/mol. The number of halogens is 1. The summed E-state index contributed by atoms with van der Waals surface area (Å²) >= 11 is 5.64. The summed E-state index contributed by atoms with van der Waals surface area (Å²) < 4.78 is 0. The van der Waals surface area contributed by atoms with Gasteiger partial charge in [-0.15, -0.1) is 11.6 Å². The van der Waals surface area contributed by atoms with E-state index in [1.165, 1.54) is 0 Å². The zero-order valence-corrected chi connectivity index (χ0v) is 9.50. The number of hydrogen-bond acceptors (Lipinski definition) is 2. The van der Waals surface area contributed by atoms with Gasteiger partial charge in [0.25, 0.3) is 0 Å². The molecule has 0 aliphatic carbocycles. The maximum atomic E-state index is 11.8. The standard InChI is InChI=1S/C10H18ClNO2/c1-7-3-4-12(9(7)6-13)10(14)8(2)5-11/h7-9,13H,3-6H2,1-2H3. The Morgan fingerprint density at radius 2 is 2.36 bits per heavy atom. The third-order valence-corrected chi connectivity index (χ3v) is 3.47. The molecule has 1 rings (SSSR count). The molecule has 1 aliphatic heterocycles. The number of aliphatic hydroxyl groups is 1. The molecule has 4 heteroatoms. The van der Waals surface area contributed by atoms with Crippen LogP contribution in [0.25, 0.3) is 0 Å². The van der Waals surface area contributed by atoms with E-state index in [-0.39, 0.29) is 24.5 Å². The van der Waals surface area contributed by atoms with Crippen LogP contribution in [0.3, 0.4) is 0 Å². The number of carbonyl (C=O) groups excluding carboxylic acids is 1. The van der Waals surface area contributed by atoms with Crippen LogP contribution in [0.1, 0.15) is 20.3 Å². The Morgan fingerprint density at radius 1 is 1.71 bits per heavy atom. The molecule has 82 valence electrons. The second kappa shape index (κ2) is 4.99. The van der Waals surface area contributed by atoms with Crippen molar-refractivity contribution in [1.82, 2.24) is 4.90 Å². The number of aliphatic hydroxyl groups excluding tert-OH is 1. The lowest BCUT2D eigenvalue weighted by atomic mass is 10.0. The minimum absolute atomic E-state index is 0.00633. The van der Waals surface area contributed by atoms with Crippen molar-refractivity contribution in [2.75, 3.05) is 19.0 Å². The van der Waals surface area contributed by atoms with Gasteiger partial charge in [0.15, 0.2) is 0 Å². The lowest BCUT2D eigenvalue weighted by Gasteiger charge is -2.27. The molecule has 1 saturated heterocycles. The van der Waals surface area contributed by atoms with E-state index >= 15 is 0 Å². The first kappa shape index (κ1) is 11.8. The summed E-state index contributed by atoms with van der Waals surface area (Å²) in [7, 11) is 0. The van der Waals surface area contributed by atoms with E-state index in [1.54, 1.807) is 4.90 Å². The van der Waals surface area contributed by atoms with Crippen LogP contribution in [0.2, 0.25) is 0 Å². The van der Waals surface area contributed by atoms with Crippen LogP contribution in [0.5, 0.6) is 0 Å². The van der Waals surface area contributed by atoms with Gasteiger partial charge >= 0.3 is 0 Å². The molecule has 14 heavy (non-hydrogen) atoms. The zero-order valence-electron chi connectivity index (χ0n) is 8.74. The quantitative estimate of drug-likeness (QED) is 0.722. The average Bonchev–Trinajstić information content (AvgIpc) is 2.57. The predicted octanol–water partition coefficient (Wildman–Crippen LogP) is 1.09. The second-order valence-corrected chi connectivity index (χ2v) is 4.41. The Bertz CT molecular complexity index is 210. The van der Waals surface area contributed by atoms with Crippen LogP contribution in [0.15, 0.2) is 0 Å². The van der Waals surface area contributed by atoms with Crippen LogP contribution in [-0.2, 0) is 4.79 Å². The van der Waals surface area contributed by atoms with Gasteiger partial charge in [-0.1, -0.05) is 13.8 Å². The molecule has 0 aromatic heterocycles. The van der Waals surface area contributed by atoms with E-state index in [1.807, 2.05) is 6.92 Å². The average molecular weight is 220 g/mol. The van der Waals surface area contributed by atoms with E-state index < -0.39 is 0 Å². The first-order chi connectivity index (χ1) is 6.61. The fraction of sp³-hybridized carbons (Fsp3) is 0.900. The molecule has 0 saturated carbocycles. The summed E-state index contributed by atoms with van der Waals surface area (Å²) in [5.41, 5.74) is 0. The van der Waals surface area contributed by atoms with Crippen molar-refractivity contribution in [3.8, 4) is 0 Å². The van der Waals surface area contributed by atoms with E-state index in [9.17, 15) is 9.90 Å². The van der Waals surface area contributed by atoms with Gasteiger partial charge in [0.05, 0.1) is 12.6 Å². The number of nitrogens with zero attached hydrogens (tertiary/aromatic N) is 1. The van der Waals surface area contributed by atoms with Gasteiger partial charge < -0.3 is 10.0 Å². The molecule has 3 atom stereocenters. The monoisotopic (exact) mass is 219 g/mol. The van der Waals surface area contributed by atoms with Gasteiger partial charge in [0, 0.05) is 18.3 Å². The van der Waals surface area contributed by atoms with Crippen molar-refractivity contribution >= 4 is 17.5 Å². The Morgan fingerprint density at radius 3 is 2.86 bits per heavy atom. The van der Waals surface area contributed by atoms with E-state index in [2.05, 4.69) is 6.92 Å². The molecular formula is C10H18ClNO2. The molecule has 1 aliphatic rings. The van der Waals surface area contributed by atoms with Crippen LogP contribution >= 0.6 is 11.6 Å². The largest absolute Gasteiger partial charge is 0.394 e. The molecule has 1 N–H and O–H groups in total. The summed E-state index contributed by atoms with van der Waals surface area (Å²) in [5.74, 6) is 0.674. The number of amides is 1. The molecule has 0 aromatic rings. The molecule has 0 bridgehead atoms. The number of alkyl halides is 1. The fourth-order valence-corrected chi connectivity index (χ4v) is 2.04. The third kappa shape index (κ3) is 2.20. The molecule has 1 heterocycles. The number of hydrogen-bond donors (Lipinski definition) is 1. The van der Waals surface area contributed by atoms with Crippen molar-refractivity contribution in [1.29, 1.82) is 0 Å². The number of likely N-dealkylation sites (tertiary alicyclic amines) is 1. The van der Waals surface area contributed by atoms with Crippen LogP contribution in [0.4, 0.5) is 0 Å². The first-order valence-electron chi connectivity index (χ1n) is 5.09. The van der Waals surface area contributed by atoms with Gasteiger partial charge in [-0.05, 0) is 12.3 Å². The Labute approximate surface area is 90.0 Å². The highest BCUT2D eigenvalue weighted by Gasteiger charge is 2.35. The second-order valence-electron chi connectivity index (χ2n) is 4.10. The minimum Gasteiger partial charge on any atom is -0.394 e. The van der Waals surface area contributed by atoms with E-state index in [0.29, 0.717) is 11.8 Å². The minimum atomic E-state index is -0.143. The van der Waals surface area contributed by atoms with Gasteiger partial charge in [0.2, 0.25) is 5.91 Å². The number of carbonyl (C=O) groups is 1. The maximum Gasteiger partial charge on any atom is 0.226 e. The topological polar surface area (TPSA) is 40.5 Å². The molecule has 0 aromatic carbocycles. The summed E-state index contributed by atoms with van der Waals surface area (Å²) in [4.78, 5) is 13.6. The first-order valence-corrected chi connectivity index (χ1v) is 5.62. The van der Waals surface area contributed by atoms with Crippen molar-refractivity contribution in [3.05, 3.63) is 0 Å². The normalized spacial score (nSPS) is 29.3. The van der Waals surface area contributed by atoms with Gasteiger partial charge in [0.1, 0.15) is 0 Å². The molecular weight excluding hydrogens is 202 g/mol. The van der Waals surface area contributed by atoms with Gasteiger partial charge in [-0.25, -0.2) is 0 Å². The summed E-state index contributed by atoms with van der Waals surface area (Å²) in [6, 6.07) is -0.00633. The van der Waals surface area contributed by atoms with E-state index in [0.717, 1.165) is 13.0 Å². The lowest BCUT2D eigenvalue weighted by molar-refractivity contribution is -0.136. The highest BCUT2D eigenvalue weighted by molar-refractivity contribution is 6.19. The molecule has 3 unspecified atom stereocenters. The number of rotatable bonds is 3. The molecule has 0 spiro atoms. The zero-order chi connectivity index (χ0) is 10.7. The van der Waals surface area contributed by atoms with Crippen molar-refractivity contribution < 1.29 is 9.90 Å². The maximum absolute atomic E-state index is 11.8. The highest BCUT2D eigenvalue weighted by Crippen LogP contribution is 2.25. The van der Waals surface area contributed by atoms with Crippen molar-refractivity contribution in [3.63, 3.8) is 0 Å². The van der Waals surface area contributed by atoms with Crippen molar-refractivity contribution in [2.24, 2.45) is 11.8 Å². The van der Waals surface area contributed by atoms with Gasteiger partial charge in [-0.3, -0.25) is 4.79 Å². The van der Waals surface area contributed by atoms with Crippen molar-refractivity contribution in [2.45, 2.75) is 26.3 Å². The third-order valence-electron chi connectivity index (χ3n) is 3.01. The van der Waals surface area contributed by atoms with Crippen LogP contribution in [-0.4, -0.2) is 41.0 Å². The smallest absolute Gasteiger partial charge is 0.226 e. The molecule has 1 fully saturated rings. The van der Waals surface area contributed by atoms with Crippen LogP contribution in [0, 0.1) is 11.8 Å². The van der Waals surface area contributed by atoms with Crippen LogP contribution < -0.4 is 0 Å². The SMILES string of the molecule is CC(CCl)C(=O)N1CCC(C)C1CO. The molecule has 1 amide bonds. The lowest BCUT2D eigenvalue weighted by Crippen LogP contribution is -2.42.